The average Bonchev–Trinajstić information content (AvgIpc) is 2.87. The minimum Gasteiger partial charge on any atom is -0.496 e. The van der Waals surface area contributed by atoms with E-state index in [1.807, 2.05) is 59.6 Å². The molecule has 1 atom stereocenters. The van der Waals surface area contributed by atoms with Gasteiger partial charge in [0.2, 0.25) is 0 Å². The molecule has 1 aliphatic rings. The third-order valence-corrected chi connectivity index (χ3v) is 6.09. The molecule has 0 saturated carbocycles. The van der Waals surface area contributed by atoms with Gasteiger partial charge in [-0.15, -0.1) is 0 Å². The van der Waals surface area contributed by atoms with E-state index < -0.39 is 0 Å². The van der Waals surface area contributed by atoms with Crippen molar-refractivity contribution in [3.63, 3.8) is 0 Å². The van der Waals surface area contributed by atoms with E-state index in [0.717, 1.165) is 29.1 Å². The average molecular weight is 447 g/mol. The normalized spacial score (nSPS) is 16.3. The highest BCUT2D eigenvalue weighted by atomic mass is 16.5. The smallest absolute Gasteiger partial charge is 0.254 e. The van der Waals surface area contributed by atoms with Crippen LogP contribution in [0.15, 0.2) is 67.0 Å². The standard InChI is InChI=1S/C26H30N4O3/c1-29-13-14-30(18-23(29)21-8-4-5-9-24(21)32-2)26(31)20-10-11-25(33-3)22(15-20)28-17-19-7-6-12-27-16-19/h4-12,15-16,23,28H,13-14,17-18H2,1-3H3. The minimum absolute atomic E-state index is 0.00933. The van der Waals surface area contributed by atoms with Gasteiger partial charge in [0.15, 0.2) is 0 Å². The SMILES string of the molecule is COc1ccc(C(=O)N2CCN(C)C(c3ccccc3OC)C2)cc1NCc1cccnc1. The summed E-state index contributed by atoms with van der Waals surface area (Å²) in [6.07, 6.45) is 3.56. The maximum Gasteiger partial charge on any atom is 0.254 e. The number of likely N-dealkylation sites (N-methyl/N-ethyl adjacent to an activating group) is 1. The van der Waals surface area contributed by atoms with Gasteiger partial charge < -0.3 is 19.7 Å². The number of methoxy groups -OCH3 is 2. The van der Waals surface area contributed by atoms with Gasteiger partial charge in [-0.05, 0) is 42.9 Å². The van der Waals surface area contributed by atoms with E-state index >= 15 is 0 Å². The summed E-state index contributed by atoms with van der Waals surface area (Å²) in [5.41, 5.74) is 3.55. The molecule has 1 aromatic heterocycles. The largest absolute Gasteiger partial charge is 0.496 e. The summed E-state index contributed by atoms with van der Waals surface area (Å²) in [7, 11) is 5.40. The van der Waals surface area contributed by atoms with Crippen LogP contribution in [0.4, 0.5) is 5.69 Å². The van der Waals surface area contributed by atoms with Gasteiger partial charge in [0, 0.05) is 49.7 Å². The van der Waals surface area contributed by atoms with Crippen molar-refractivity contribution in [2.45, 2.75) is 12.6 Å². The van der Waals surface area contributed by atoms with Gasteiger partial charge in [0.1, 0.15) is 11.5 Å². The predicted octanol–water partition coefficient (Wildman–Crippen LogP) is 3.84. The molecule has 0 bridgehead atoms. The van der Waals surface area contributed by atoms with Crippen LogP contribution >= 0.6 is 0 Å². The zero-order valence-electron chi connectivity index (χ0n) is 19.3. The van der Waals surface area contributed by atoms with Gasteiger partial charge >= 0.3 is 0 Å². The predicted molar refractivity (Wildman–Crippen MR) is 129 cm³/mol. The molecule has 0 aliphatic carbocycles. The molecule has 172 valence electrons. The lowest BCUT2D eigenvalue weighted by Gasteiger charge is -2.40. The molecule has 2 aromatic carbocycles. The Labute approximate surface area is 195 Å². The number of para-hydroxylation sites is 1. The van der Waals surface area contributed by atoms with E-state index in [0.29, 0.717) is 30.9 Å². The lowest BCUT2D eigenvalue weighted by Crippen LogP contribution is -2.49. The Morgan fingerprint density at radius 2 is 1.88 bits per heavy atom. The molecule has 2 heterocycles. The highest BCUT2D eigenvalue weighted by molar-refractivity contribution is 5.95. The number of hydrogen-bond acceptors (Lipinski definition) is 6. The van der Waals surface area contributed by atoms with Crippen molar-refractivity contribution in [2.75, 3.05) is 46.2 Å². The molecule has 7 nitrogen and oxygen atoms in total. The Kier molecular flexibility index (Phi) is 7.10. The second-order valence-electron chi connectivity index (χ2n) is 8.12. The van der Waals surface area contributed by atoms with Crippen LogP contribution < -0.4 is 14.8 Å². The van der Waals surface area contributed by atoms with Crippen molar-refractivity contribution in [3.05, 3.63) is 83.7 Å². The molecule has 1 aliphatic heterocycles. The molecule has 1 fully saturated rings. The van der Waals surface area contributed by atoms with Crippen molar-refractivity contribution < 1.29 is 14.3 Å². The summed E-state index contributed by atoms with van der Waals surface area (Å²) in [4.78, 5) is 21.8. The lowest BCUT2D eigenvalue weighted by atomic mass is 10.0. The summed E-state index contributed by atoms with van der Waals surface area (Å²) in [6.45, 7) is 2.65. The van der Waals surface area contributed by atoms with E-state index in [2.05, 4.69) is 28.3 Å². The third kappa shape index (κ3) is 5.09. The molecule has 1 saturated heterocycles. The number of amides is 1. The number of nitrogens with zero attached hydrogens (tertiary/aromatic N) is 3. The summed E-state index contributed by atoms with van der Waals surface area (Å²) in [6, 6.07) is 17.5. The number of rotatable bonds is 7. The van der Waals surface area contributed by atoms with Gasteiger partial charge in [-0.25, -0.2) is 0 Å². The maximum absolute atomic E-state index is 13.5. The van der Waals surface area contributed by atoms with Crippen molar-refractivity contribution in [1.82, 2.24) is 14.8 Å². The molecule has 0 spiro atoms. The minimum atomic E-state index is 0.00933. The first-order valence-corrected chi connectivity index (χ1v) is 11.0. The molecule has 7 heteroatoms. The fourth-order valence-corrected chi connectivity index (χ4v) is 4.20. The van der Waals surface area contributed by atoms with Gasteiger partial charge in [-0.2, -0.15) is 0 Å². The highest BCUT2D eigenvalue weighted by Gasteiger charge is 2.30. The first kappa shape index (κ1) is 22.6. The van der Waals surface area contributed by atoms with Crippen molar-refractivity contribution in [3.8, 4) is 11.5 Å². The van der Waals surface area contributed by atoms with Crippen LogP contribution in [0.25, 0.3) is 0 Å². The number of carbonyl (C=O) groups is 1. The van der Waals surface area contributed by atoms with Crippen LogP contribution in [0.3, 0.4) is 0 Å². The van der Waals surface area contributed by atoms with Crippen molar-refractivity contribution in [1.29, 1.82) is 0 Å². The molecular formula is C26H30N4O3. The van der Waals surface area contributed by atoms with Crippen molar-refractivity contribution >= 4 is 11.6 Å². The van der Waals surface area contributed by atoms with E-state index in [1.54, 1.807) is 20.4 Å². The number of carbonyl (C=O) groups excluding carboxylic acids is 1. The van der Waals surface area contributed by atoms with Crippen LogP contribution in [0.2, 0.25) is 0 Å². The Morgan fingerprint density at radius 1 is 1.06 bits per heavy atom. The van der Waals surface area contributed by atoms with Crippen LogP contribution in [-0.4, -0.2) is 61.6 Å². The van der Waals surface area contributed by atoms with Crippen LogP contribution in [0.5, 0.6) is 11.5 Å². The fraction of sp³-hybridized carbons (Fsp3) is 0.308. The molecule has 4 rings (SSSR count). The quantitative estimate of drug-likeness (QED) is 0.595. The summed E-state index contributed by atoms with van der Waals surface area (Å²) < 4.78 is 11.1. The monoisotopic (exact) mass is 446 g/mol. The van der Waals surface area contributed by atoms with E-state index in [4.69, 9.17) is 9.47 Å². The molecule has 1 unspecified atom stereocenters. The van der Waals surface area contributed by atoms with Crippen LogP contribution in [-0.2, 0) is 6.54 Å². The van der Waals surface area contributed by atoms with Gasteiger partial charge in [0.05, 0.1) is 25.9 Å². The number of aromatic nitrogens is 1. The van der Waals surface area contributed by atoms with Crippen molar-refractivity contribution in [2.24, 2.45) is 0 Å². The number of nitrogens with one attached hydrogen (secondary N) is 1. The molecule has 1 N–H and O–H groups in total. The zero-order chi connectivity index (χ0) is 23.2. The Morgan fingerprint density at radius 3 is 2.64 bits per heavy atom. The van der Waals surface area contributed by atoms with Gasteiger partial charge in [-0.1, -0.05) is 24.3 Å². The Hall–Kier alpha value is -3.58. The van der Waals surface area contributed by atoms with E-state index in [-0.39, 0.29) is 11.9 Å². The number of hydrogen-bond donors (Lipinski definition) is 1. The highest BCUT2D eigenvalue weighted by Crippen LogP contribution is 2.32. The zero-order valence-corrected chi connectivity index (χ0v) is 19.3. The number of piperazine rings is 1. The second kappa shape index (κ2) is 10.4. The Bertz CT molecular complexity index is 1090. The summed E-state index contributed by atoms with van der Waals surface area (Å²) in [5, 5.41) is 3.37. The fourth-order valence-electron chi connectivity index (χ4n) is 4.20. The van der Waals surface area contributed by atoms with E-state index in [9.17, 15) is 4.79 Å². The first-order valence-electron chi connectivity index (χ1n) is 11.0. The summed E-state index contributed by atoms with van der Waals surface area (Å²) >= 11 is 0. The van der Waals surface area contributed by atoms with Gasteiger partial charge in [-0.3, -0.25) is 14.7 Å². The lowest BCUT2D eigenvalue weighted by molar-refractivity contribution is 0.0542. The molecule has 33 heavy (non-hydrogen) atoms. The topological polar surface area (TPSA) is 66.9 Å². The van der Waals surface area contributed by atoms with Crippen LogP contribution in [0.1, 0.15) is 27.5 Å². The molecule has 0 radical (unpaired) electrons. The molecule has 1 amide bonds. The van der Waals surface area contributed by atoms with Crippen LogP contribution in [0, 0.1) is 0 Å². The number of benzene rings is 2. The molecular weight excluding hydrogens is 416 g/mol. The van der Waals surface area contributed by atoms with Gasteiger partial charge in [0.25, 0.3) is 5.91 Å². The second-order valence-corrected chi connectivity index (χ2v) is 8.12. The maximum atomic E-state index is 13.5. The van der Waals surface area contributed by atoms with E-state index in [1.165, 1.54) is 0 Å². The summed E-state index contributed by atoms with van der Waals surface area (Å²) in [5.74, 6) is 1.55. The number of ether oxygens (including phenoxy) is 2. The Balaban J connectivity index is 1.53. The first-order chi connectivity index (χ1) is 16.1. The number of anilines is 1. The molecule has 3 aromatic rings. The number of pyridine rings is 1. The third-order valence-electron chi connectivity index (χ3n) is 6.09.